The van der Waals surface area contributed by atoms with Crippen molar-refractivity contribution < 1.29 is 22.7 Å². The molecule has 18 heavy (non-hydrogen) atoms. The normalized spacial score (nSPS) is 13.4. The molecule has 0 aliphatic rings. The van der Waals surface area contributed by atoms with Crippen molar-refractivity contribution in [2.75, 3.05) is 13.2 Å². The van der Waals surface area contributed by atoms with Crippen molar-refractivity contribution in [1.29, 1.82) is 0 Å². The number of thiophene rings is 1. The van der Waals surface area contributed by atoms with Crippen LogP contribution in [0.2, 0.25) is 0 Å². The number of carbonyl (C=O) groups is 1. The average molecular weight is 281 g/mol. The van der Waals surface area contributed by atoms with E-state index in [0.717, 1.165) is 4.88 Å². The molecule has 1 aromatic rings. The highest BCUT2D eigenvalue weighted by atomic mass is 32.1. The van der Waals surface area contributed by atoms with Crippen LogP contribution in [0.1, 0.15) is 22.7 Å². The summed E-state index contributed by atoms with van der Waals surface area (Å²) in [5.41, 5.74) is 0. The molecule has 0 fully saturated rings. The van der Waals surface area contributed by atoms with Gasteiger partial charge in [-0.15, -0.1) is 11.3 Å². The fraction of sp³-hybridized carbons (Fsp3) is 0.545. The van der Waals surface area contributed by atoms with Crippen molar-refractivity contribution in [3.05, 3.63) is 21.9 Å². The zero-order valence-electron chi connectivity index (χ0n) is 10.0. The molecule has 0 aromatic carbocycles. The zero-order chi connectivity index (χ0) is 13.8. The molecule has 0 amide bonds. The summed E-state index contributed by atoms with van der Waals surface area (Å²) >= 11 is 1.27. The molecule has 0 saturated heterocycles. The number of hydrogen-bond acceptors (Lipinski definition) is 4. The first-order chi connectivity index (χ1) is 8.33. The Morgan fingerprint density at radius 1 is 1.50 bits per heavy atom. The molecule has 7 heteroatoms. The summed E-state index contributed by atoms with van der Waals surface area (Å²) in [7, 11) is 0. The molecule has 1 atom stereocenters. The van der Waals surface area contributed by atoms with Crippen LogP contribution in [0.4, 0.5) is 13.2 Å². The summed E-state index contributed by atoms with van der Waals surface area (Å²) in [4.78, 5) is 13.1. The Morgan fingerprint density at radius 3 is 2.61 bits per heavy atom. The molecule has 102 valence electrons. The van der Waals surface area contributed by atoms with Crippen LogP contribution >= 0.6 is 11.3 Å². The van der Waals surface area contributed by atoms with Gasteiger partial charge in [-0.2, -0.15) is 13.2 Å². The number of halogens is 3. The first kappa shape index (κ1) is 15.0. The van der Waals surface area contributed by atoms with Gasteiger partial charge in [0.15, 0.2) is 0 Å². The predicted octanol–water partition coefficient (Wildman–Crippen LogP) is 2.81. The van der Waals surface area contributed by atoms with Crippen LogP contribution < -0.4 is 5.32 Å². The van der Waals surface area contributed by atoms with Gasteiger partial charge < -0.3 is 4.74 Å². The molecule has 1 rings (SSSR count). The lowest BCUT2D eigenvalue weighted by Gasteiger charge is -2.17. The molecule has 0 radical (unpaired) electrons. The van der Waals surface area contributed by atoms with Gasteiger partial charge in [0.1, 0.15) is 6.04 Å². The molecule has 1 heterocycles. The van der Waals surface area contributed by atoms with Crippen molar-refractivity contribution in [2.24, 2.45) is 0 Å². The van der Waals surface area contributed by atoms with E-state index in [1.54, 1.807) is 19.1 Å². The molecule has 1 N–H and O–H groups in total. The maximum absolute atomic E-state index is 12.2. The number of rotatable bonds is 5. The van der Waals surface area contributed by atoms with Crippen molar-refractivity contribution >= 4 is 17.3 Å². The Bertz CT molecular complexity index is 403. The second-order valence-corrected chi connectivity index (χ2v) is 4.95. The molecule has 0 saturated carbocycles. The van der Waals surface area contributed by atoms with Gasteiger partial charge >= 0.3 is 12.1 Å². The Kier molecular flexibility index (Phi) is 5.15. The van der Waals surface area contributed by atoms with Gasteiger partial charge in [0.05, 0.1) is 13.2 Å². The van der Waals surface area contributed by atoms with Crippen LogP contribution in [0.5, 0.6) is 0 Å². The maximum Gasteiger partial charge on any atom is 0.401 e. The van der Waals surface area contributed by atoms with Gasteiger partial charge in [-0.05, 0) is 26.0 Å². The van der Waals surface area contributed by atoms with E-state index in [0.29, 0.717) is 4.88 Å². The molecular formula is C11H14F3NO2S. The Balaban J connectivity index is 2.78. The van der Waals surface area contributed by atoms with Crippen molar-refractivity contribution in [3.8, 4) is 0 Å². The third kappa shape index (κ3) is 4.66. The number of alkyl halides is 3. The van der Waals surface area contributed by atoms with E-state index in [1.807, 2.05) is 6.92 Å². The van der Waals surface area contributed by atoms with Crippen LogP contribution in [-0.2, 0) is 9.53 Å². The summed E-state index contributed by atoms with van der Waals surface area (Å²) in [6.07, 6.45) is -4.36. The number of esters is 1. The molecule has 1 unspecified atom stereocenters. The van der Waals surface area contributed by atoms with Crippen LogP contribution in [0.25, 0.3) is 0 Å². The van der Waals surface area contributed by atoms with Gasteiger partial charge in [0.25, 0.3) is 0 Å². The number of hydrogen-bond donors (Lipinski definition) is 1. The maximum atomic E-state index is 12.2. The van der Waals surface area contributed by atoms with Crippen LogP contribution in [-0.4, -0.2) is 25.3 Å². The van der Waals surface area contributed by atoms with E-state index < -0.39 is 24.7 Å². The van der Waals surface area contributed by atoms with Crippen LogP contribution in [0.15, 0.2) is 12.1 Å². The highest BCUT2D eigenvalue weighted by Crippen LogP contribution is 2.25. The number of nitrogens with one attached hydrogen (secondary N) is 1. The summed E-state index contributed by atoms with van der Waals surface area (Å²) in [6.45, 7) is 2.33. The first-order valence-corrected chi connectivity index (χ1v) is 6.18. The van der Waals surface area contributed by atoms with Gasteiger partial charge in [-0.1, -0.05) is 0 Å². The molecule has 3 nitrogen and oxygen atoms in total. The van der Waals surface area contributed by atoms with E-state index >= 15 is 0 Å². The molecule has 0 spiro atoms. The third-order valence-corrected chi connectivity index (χ3v) is 3.14. The van der Waals surface area contributed by atoms with Gasteiger partial charge in [0, 0.05) is 9.75 Å². The lowest BCUT2D eigenvalue weighted by molar-refractivity contribution is -0.148. The van der Waals surface area contributed by atoms with Gasteiger partial charge in [0.2, 0.25) is 0 Å². The van der Waals surface area contributed by atoms with E-state index in [9.17, 15) is 18.0 Å². The summed E-state index contributed by atoms with van der Waals surface area (Å²) in [6, 6.07) is 2.32. The largest absolute Gasteiger partial charge is 0.465 e. The molecule has 1 aromatic heterocycles. The van der Waals surface area contributed by atoms with Gasteiger partial charge in [-0.3, -0.25) is 5.32 Å². The second kappa shape index (κ2) is 6.19. The lowest BCUT2D eigenvalue weighted by Crippen LogP contribution is -2.36. The van der Waals surface area contributed by atoms with Crippen molar-refractivity contribution in [3.63, 3.8) is 0 Å². The molecule has 0 bridgehead atoms. The minimum atomic E-state index is -4.36. The number of carbonyl (C=O) groups excluding carboxylic acids is 1. The predicted molar refractivity (Wildman–Crippen MR) is 62.5 cm³/mol. The average Bonchev–Trinajstić information content (AvgIpc) is 2.64. The summed E-state index contributed by atoms with van der Waals surface area (Å²) < 4.78 is 41.3. The molecule has 0 aliphatic carbocycles. The minimum Gasteiger partial charge on any atom is -0.465 e. The number of aryl methyl sites for hydroxylation is 1. The Hall–Kier alpha value is -1.08. The molecule has 0 aliphatic heterocycles. The first-order valence-electron chi connectivity index (χ1n) is 5.36. The Labute approximate surface area is 107 Å². The standard InChI is InChI=1S/C11H14F3NO2S/c1-3-17-10(16)9(15-6-11(12,13)14)8-5-4-7(2)18-8/h4-5,9,15H,3,6H2,1-2H3. The highest BCUT2D eigenvalue weighted by Gasteiger charge is 2.31. The molecular weight excluding hydrogens is 267 g/mol. The number of ether oxygens (including phenoxy) is 1. The monoisotopic (exact) mass is 281 g/mol. The van der Waals surface area contributed by atoms with Gasteiger partial charge in [-0.25, -0.2) is 4.79 Å². The Morgan fingerprint density at radius 2 is 2.17 bits per heavy atom. The fourth-order valence-electron chi connectivity index (χ4n) is 1.35. The summed E-state index contributed by atoms with van der Waals surface area (Å²) in [5, 5.41) is 2.18. The van der Waals surface area contributed by atoms with Crippen molar-refractivity contribution in [1.82, 2.24) is 5.32 Å². The van der Waals surface area contributed by atoms with E-state index in [-0.39, 0.29) is 6.61 Å². The topological polar surface area (TPSA) is 38.3 Å². The van der Waals surface area contributed by atoms with Crippen LogP contribution in [0, 0.1) is 6.92 Å². The quantitative estimate of drug-likeness (QED) is 0.843. The third-order valence-electron chi connectivity index (χ3n) is 2.07. The second-order valence-electron chi connectivity index (χ2n) is 3.63. The van der Waals surface area contributed by atoms with Crippen LogP contribution in [0.3, 0.4) is 0 Å². The SMILES string of the molecule is CCOC(=O)C(NCC(F)(F)F)c1ccc(C)s1. The van der Waals surface area contributed by atoms with E-state index in [1.165, 1.54) is 11.3 Å². The highest BCUT2D eigenvalue weighted by molar-refractivity contribution is 7.12. The lowest BCUT2D eigenvalue weighted by atomic mass is 10.2. The van der Waals surface area contributed by atoms with Crippen molar-refractivity contribution in [2.45, 2.75) is 26.1 Å². The summed E-state index contributed by atoms with van der Waals surface area (Å²) in [5.74, 6) is -0.691. The minimum absolute atomic E-state index is 0.132. The van der Waals surface area contributed by atoms with E-state index in [4.69, 9.17) is 4.74 Å². The zero-order valence-corrected chi connectivity index (χ0v) is 10.8. The van der Waals surface area contributed by atoms with E-state index in [2.05, 4.69) is 5.32 Å². The fourth-order valence-corrected chi connectivity index (χ4v) is 2.29. The smallest absolute Gasteiger partial charge is 0.401 e.